The summed E-state index contributed by atoms with van der Waals surface area (Å²) in [7, 11) is 0. The van der Waals surface area contributed by atoms with Gasteiger partial charge in [0.05, 0.1) is 6.04 Å². The van der Waals surface area contributed by atoms with Crippen molar-refractivity contribution in [1.82, 2.24) is 10.6 Å². The predicted molar refractivity (Wildman–Crippen MR) is 55.6 cm³/mol. The van der Waals surface area contributed by atoms with Crippen LogP contribution in [0.4, 0.5) is 0 Å². The Bertz CT molecular complexity index is 157. The lowest BCUT2D eigenvalue weighted by atomic mass is 10.1. The van der Waals surface area contributed by atoms with Gasteiger partial charge >= 0.3 is 0 Å². The molecule has 0 saturated carbocycles. The Balaban J connectivity index is 3.85. The molecule has 0 aromatic heterocycles. The molecule has 3 heteroatoms. The van der Waals surface area contributed by atoms with E-state index in [1.54, 1.807) is 0 Å². The highest BCUT2D eigenvalue weighted by molar-refractivity contribution is 5.81. The van der Waals surface area contributed by atoms with Crippen LogP contribution in [-0.4, -0.2) is 24.5 Å². The largest absolute Gasteiger partial charge is 0.355 e. The Morgan fingerprint density at radius 1 is 1.23 bits per heavy atom. The van der Waals surface area contributed by atoms with Gasteiger partial charge in [-0.3, -0.25) is 4.79 Å². The van der Waals surface area contributed by atoms with Crippen LogP contribution in [0.5, 0.6) is 0 Å². The molecule has 0 aliphatic rings. The molecule has 0 radical (unpaired) electrons. The number of likely N-dealkylation sites (N-methyl/N-ethyl adjacent to an activating group) is 1. The Hall–Kier alpha value is -0.570. The highest BCUT2D eigenvalue weighted by Crippen LogP contribution is 2.00. The van der Waals surface area contributed by atoms with Gasteiger partial charge in [0.25, 0.3) is 0 Å². The lowest BCUT2D eigenvalue weighted by molar-refractivity contribution is -0.122. The van der Waals surface area contributed by atoms with Crippen molar-refractivity contribution < 1.29 is 4.79 Å². The van der Waals surface area contributed by atoms with Crippen LogP contribution in [0.2, 0.25) is 0 Å². The van der Waals surface area contributed by atoms with E-state index in [0.29, 0.717) is 18.5 Å². The molecule has 78 valence electrons. The number of rotatable bonds is 5. The van der Waals surface area contributed by atoms with Crippen LogP contribution >= 0.6 is 0 Å². The number of hydrogen-bond acceptors (Lipinski definition) is 2. The first-order valence-corrected chi connectivity index (χ1v) is 5.02. The second-order valence-corrected chi connectivity index (χ2v) is 3.82. The molecule has 0 fully saturated rings. The molecule has 0 bridgehead atoms. The van der Waals surface area contributed by atoms with Crippen molar-refractivity contribution in [3.63, 3.8) is 0 Å². The van der Waals surface area contributed by atoms with E-state index >= 15 is 0 Å². The van der Waals surface area contributed by atoms with Crippen LogP contribution in [0.1, 0.15) is 34.6 Å². The fourth-order valence-electron chi connectivity index (χ4n) is 0.990. The molecule has 0 aromatic carbocycles. The predicted octanol–water partition coefficient (Wildman–Crippen LogP) is 1.15. The van der Waals surface area contributed by atoms with Gasteiger partial charge in [0.2, 0.25) is 5.91 Å². The molecular formula is C10H22N2O. The minimum absolute atomic E-state index is 0.0787. The Labute approximate surface area is 81.3 Å². The van der Waals surface area contributed by atoms with Gasteiger partial charge in [-0.25, -0.2) is 0 Å². The second kappa shape index (κ2) is 5.97. The lowest BCUT2D eigenvalue weighted by Gasteiger charge is -2.22. The average molecular weight is 186 g/mol. The summed E-state index contributed by atoms with van der Waals surface area (Å²) in [5, 5.41) is 6.04. The Kier molecular flexibility index (Phi) is 5.71. The summed E-state index contributed by atoms with van der Waals surface area (Å²) >= 11 is 0. The zero-order valence-electron chi connectivity index (χ0n) is 9.35. The van der Waals surface area contributed by atoms with Crippen molar-refractivity contribution in [3.8, 4) is 0 Å². The number of carbonyl (C=O) groups is 1. The van der Waals surface area contributed by atoms with E-state index in [0.717, 1.165) is 0 Å². The molecule has 3 nitrogen and oxygen atoms in total. The molecule has 0 spiro atoms. The van der Waals surface area contributed by atoms with E-state index in [-0.39, 0.29) is 11.9 Å². The van der Waals surface area contributed by atoms with Gasteiger partial charge in [0.1, 0.15) is 0 Å². The Morgan fingerprint density at radius 3 is 2.15 bits per heavy atom. The van der Waals surface area contributed by atoms with Crippen LogP contribution in [0, 0.1) is 5.92 Å². The first-order chi connectivity index (χ1) is 5.99. The van der Waals surface area contributed by atoms with Gasteiger partial charge in [-0.05, 0) is 26.7 Å². The van der Waals surface area contributed by atoms with Crippen molar-refractivity contribution >= 4 is 5.91 Å². The molecule has 2 unspecified atom stereocenters. The third-order valence-electron chi connectivity index (χ3n) is 2.26. The molecule has 0 heterocycles. The van der Waals surface area contributed by atoms with Gasteiger partial charge in [-0.15, -0.1) is 0 Å². The zero-order valence-corrected chi connectivity index (χ0v) is 9.35. The topological polar surface area (TPSA) is 41.1 Å². The third-order valence-corrected chi connectivity index (χ3v) is 2.26. The molecule has 0 saturated heterocycles. The third kappa shape index (κ3) is 4.88. The van der Waals surface area contributed by atoms with E-state index in [1.165, 1.54) is 0 Å². The van der Waals surface area contributed by atoms with Crippen molar-refractivity contribution in [2.75, 3.05) is 6.54 Å². The van der Waals surface area contributed by atoms with E-state index in [9.17, 15) is 4.79 Å². The van der Waals surface area contributed by atoms with Gasteiger partial charge < -0.3 is 10.6 Å². The smallest absolute Gasteiger partial charge is 0.236 e. The van der Waals surface area contributed by atoms with E-state index in [4.69, 9.17) is 0 Å². The van der Waals surface area contributed by atoms with Gasteiger partial charge in [0, 0.05) is 12.6 Å². The molecule has 13 heavy (non-hydrogen) atoms. The lowest BCUT2D eigenvalue weighted by Crippen LogP contribution is -2.47. The summed E-state index contributed by atoms with van der Waals surface area (Å²) in [6, 6.07) is 0.273. The molecular weight excluding hydrogens is 164 g/mol. The van der Waals surface area contributed by atoms with Crippen molar-refractivity contribution in [1.29, 1.82) is 0 Å². The summed E-state index contributed by atoms with van der Waals surface area (Å²) < 4.78 is 0. The number of hydrogen-bond donors (Lipinski definition) is 2. The van der Waals surface area contributed by atoms with Crippen molar-refractivity contribution in [2.45, 2.75) is 46.7 Å². The highest BCUT2D eigenvalue weighted by Gasteiger charge is 2.15. The summed E-state index contributed by atoms with van der Waals surface area (Å²) in [5.74, 6) is 0.631. The van der Waals surface area contributed by atoms with E-state index in [2.05, 4.69) is 31.4 Å². The molecule has 1 amide bonds. The van der Waals surface area contributed by atoms with Crippen molar-refractivity contribution in [2.24, 2.45) is 5.92 Å². The standard InChI is InChI=1S/C10H22N2O/c1-6-11-10(13)9(5)12-8(4)7(2)3/h7-9,12H,6H2,1-5H3,(H,11,13). The summed E-state index contributed by atoms with van der Waals surface area (Å²) in [6.45, 7) is 10.9. The van der Waals surface area contributed by atoms with Crippen LogP contribution in [-0.2, 0) is 4.79 Å². The summed E-state index contributed by atoms with van der Waals surface area (Å²) in [6.07, 6.45) is 0. The molecule has 0 aliphatic carbocycles. The summed E-state index contributed by atoms with van der Waals surface area (Å²) in [4.78, 5) is 11.3. The first kappa shape index (κ1) is 12.4. The van der Waals surface area contributed by atoms with Gasteiger partial charge in [-0.2, -0.15) is 0 Å². The summed E-state index contributed by atoms with van der Waals surface area (Å²) in [5.41, 5.74) is 0. The quantitative estimate of drug-likeness (QED) is 0.676. The highest BCUT2D eigenvalue weighted by atomic mass is 16.2. The number of nitrogens with one attached hydrogen (secondary N) is 2. The molecule has 0 aromatic rings. The maximum Gasteiger partial charge on any atom is 0.236 e. The fraction of sp³-hybridized carbons (Fsp3) is 0.900. The molecule has 0 aliphatic heterocycles. The monoisotopic (exact) mass is 186 g/mol. The van der Waals surface area contributed by atoms with Gasteiger partial charge in [-0.1, -0.05) is 13.8 Å². The molecule has 2 atom stereocenters. The van der Waals surface area contributed by atoms with Gasteiger partial charge in [0.15, 0.2) is 0 Å². The van der Waals surface area contributed by atoms with E-state index in [1.807, 2.05) is 13.8 Å². The first-order valence-electron chi connectivity index (χ1n) is 5.02. The SMILES string of the molecule is CCNC(=O)C(C)NC(C)C(C)C. The van der Waals surface area contributed by atoms with Crippen LogP contribution in [0.3, 0.4) is 0 Å². The molecule has 0 rings (SSSR count). The average Bonchev–Trinajstić information content (AvgIpc) is 2.04. The Morgan fingerprint density at radius 2 is 1.77 bits per heavy atom. The van der Waals surface area contributed by atoms with Crippen LogP contribution < -0.4 is 10.6 Å². The van der Waals surface area contributed by atoms with E-state index < -0.39 is 0 Å². The minimum Gasteiger partial charge on any atom is -0.355 e. The minimum atomic E-state index is -0.0997. The zero-order chi connectivity index (χ0) is 10.4. The number of amides is 1. The normalized spacial score (nSPS) is 15.5. The van der Waals surface area contributed by atoms with Crippen LogP contribution in [0.15, 0.2) is 0 Å². The maximum atomic E-state index is 11.3. The maximum absolute atomic E-state index is 11.3. The second-order valence-electron chi connectivity index (χ2n) is 3.82. The van der Waals surface area contributed by atoms with Crippen LogP contribution in [0.25, 0.3) is 0 Å². The fourth-order valence-corrected chi connectivity index (χ4v) is 0.990. The van der Waals surface area contributed by atoms with Crippen molar-refractivity contribution in [3.05, 3.63) is 0 Å². The number of carbonyl (C=O) groups excluding carboxylic acids is 1. The molecule has 2 N–H and O–H groups in total.